The maximum Gasteiger partial charge on any atom is 0.407 e. The maximum absolute atomic E-state index is 14.2. The Hall–Kier alpha value is -5.39. The van der Waals surface area contributed by atoms with E-state index in [4.69, 9.17) is 4.74 Å². The number of hydrogen-bond acceptors (Lipinski definition) is 5. The van der Waals surface area contributed by atoms with Gasteiger partial charge in [0.25, 0.3) is 5.91 Å². The van der Waals surface area contributed by atoms with Gasteiger partial charge in [-0.3, -0.25) is 15.0 Å². The van der Waals surface area contributed by atoms with Gasteiger partial charge >= 0.3 is 6.09 Å². The number of methoxy groups -OCH3 is 1. The van der Waals surface area contributed by atoms with Crippen LogP contribution in [0.25, 0.3) is 0 Å². The van der Waals surface area contributed by atoms with Crippen molar-refractivity contribution in [3.8, 4) is 11.8 Å². The van der Waals surface area contributed by atoms with Gasteiger partial charge in [0.1, 0.15) is 6.04 Å². The number of hydrazine groups is 1. The first-order valence-corrected chi connectivity index (χ1v) is 17.1. The molecule has 1 aliphatic rings. The SMILES string of the molecule is COC(=O)N[C@H](C(=O)NN(Cc1cccc(C#Cc2ccccc2)c1)C[C@@H](Cc1ccccc1)C(=O)N[C@@H]1CCc2ccccc21)C(C)(C)C. The summed E-state index contributed by atoms with van der Waals surface area (Å²) in [6.07, 6.45) is 1.53. The number of nitrogens with zero attached hydrogens (tertiary/aromatic N) is 1. The van der Waals surface area contributed by atoms with Crippen LogP contribution in [0.2, 0.25) is 0 Å². The van der Waals surface area contributed by atoms with E-state index in [0.29, 0.717) is 13.0 Å². The molecule has 0 heterocycles. The topological polar surface area (TPSA) is 99.8 Å². The molecule has 258 valence electrons. The number of amides is 3. The largest absolute Gasteiger partial charge is 0.453 e. The molecule has 4 aromatic carbocycles. The van der Waals surface area contributed by atoms with Gasteiger partial charge in [0.2, 0.25) is 5.91 Å². The van der Waals surface area contributed by atoms with Crippen molar-refractivity contribution in [2.24, 2.45) is 11.3 Å². The Bertz CT molecular complexity index is 1830. The number of fused-ring (bicyclic) bond motifs is 1. The average Bonchev–Trinajstić information content (AvgIpc) is 3.52. The molecule has 0 unspecified atom stereocenters. The molecule has 3 atom stereocenters. The Morgan fingerprint density at radius 3 is 2.18 bits per heavy atom. The third-order valence-electron chi connectivity index (χ3n) is 8.86. The van der Waals surface area contributed by atoms with Crippen LogP contribution < -0.4 is 16.1 Å². The normalized spacial score (nSPS) is 14.8. The van der Waals surface area contributed by atoms with Gasteiger partial charge in [0, 0.05) is 24.2 Å². The molecule has 3 amide bonds. The van der Waals surface area contributed by atoms with Crippen LogP contribution in [0.4, 0.5) is 4.79 Å². The fourth-order valence-electron chi connectivity index (χ4n) is 6.26. The van der Waals surface area contributed by atoms with E-state index in [-0.39, 0.29) is 18.5 Å². The Morgan fingerprint density at radius 1 is 0.820 bits per heavy atom. The predicted octanol–water partition coefficient (Wildman–Crippen LogP) is 6.35. The Balaban J connectivity index is 1.44. The molecule has 0 spiro atoms. The van der Waals surface area contributed by atoms with Crippen LogP contribution in [-0.2, 0) is 33.7 Å². The summed E-state index contributed by atoms with van der Waals surface area (Å²) in [5.74, 6) is 5.44. The molecule has 0 bridgehead atoms. The first-order chi connectivity index (χ1) is 24.1. The lowest BCUT2D eigenvalue weighted by Gasteiger charge is -2.34. The van der Waals surface area contributed by atoms with Crippen molar-refractivity contribution in [3.63, 3.8) is 0 Å². The van der Waals surface area contributed by atoms with Crippen LogP contribution in [0.3, 0.4) is 0 Å². The fraction of sp³-hybridized carbons (Fsp3) is 0.310. The number of carbonyl (C=O) groups is 3. The van der Waals surface area contributed by atoms with E-state index in [1.54, 1.807) is 5.01 Å². The van der Waals surface area contributed by atoms with Crippen molar-refractivity contribution >= 4 is 17.9 Å². The minimum Gasteiger partial charge on any atom is -0.453 e. The van der Waals surface area contributed by atoms with Gasteiger partial charge in [-0.15, -0.1) is 0 Å². The second kappa shape index (κ2) is 16.8. The summed E-state index contributed by atoms with van der Waals surface area (Å²) >= 11 is 0. The lowest BCUT2D eigenvalue weighted by Crippen LogP contribution is -2.58. The number of hydrogen-bond donors (Lipinski definition) is 3. The van der Waals surface area contributed by atoms with E-state index in [2.05, 4.69) is 40.0 Å². The summed E-state index contributed by atoms with van der Waals surface area (Å²) < 4.78 is 4.84. The number of alkyl carbamates (subject to hydrolysis) is 1. The number of nitrogens with one attached hydrogen (secondary N) is 3. The standard InChI is InChI=1S/C42H46N4O4/c1-42(2,3)38(44-41(49)50-4)40(48)45-46(28-33-19-13-18-32(26-33)23-22-30-14-7-5-8-15-30)29-35(27-31-16-9-6-10-17-31)39(47)43-37-25-24-34-20-11-12-21-36(34)37/h5-21,26,35,37-38H,24-25,27-29H2,1-4H3,(H,43,47)(H,44,49)(H,45,48)/t35-,37-,38-/m1/s1. The molecule has 8 nitrogen and oxygen atoms in total. The maximum atomic E-state index is 14.2. The molecule has 0 saturated carbocycles. The molecule has 8 heteroatoms. The monoisotopic (exact) mass is 670 g/mol. The highest BCUT2D eigenvalue weighted by Crippen LogP contribution is 2.31. The van der Waals surface area contributed by atoms with Gasteiger partial charge in [-0.25, -0.2) is 9.80 Å². The van der Waals surface area contributed by atoms with Crippen molar-refractivity contribution in [1.29, 1.82) is 0 Å². The second-order valence-electron chi connectivity index (χ2n) is 13.8. The minimum absolute atomic E-state index is 0.0746. The van der Waals surface area contributed by atoms with Crippen LogP contribution in [0.1, 0.15) is 66.6 Å². The van der Waals surface area contributed by atoms with Crippen molar-refractivity contribution in [2.45, 2.75) is 58.7 Å². The number of rotatable bonds is 11. The fourth-order valence-corrected chi connectivity index (χ4v) is 6.26. The van der Waals surface area contributed by atoms with Gasteiger partial charge in [0.15, 0.2) is 0 Å². The van der Waals surface area contributed by atoms with E-state index >= 15 is 0 Å². The predicted molar refractivity (Wildman–Crippen MR) is 195 cm³/mol. The Morgan fingerprint density at radius 2 is 1.46 bits per heavy atom. The van der Waals surface area contributed by atoms with Crippen LogP contribution >= 0.6 is 0 Å². The molecule has 0 aliphatic heterocycles. The first-order valence-electron chi connectivity index (χ1n) is 17.1. The molecule has 0 fully saturated rings. The molecule has 0 aromatic heterocycles. The highest BCUT2D eigenvalue weighted by Gasteiger charge is 2.35. The number of ether oxygens (including phenoxy) is 1. The lowest BCUT2D eigenvalue weighted by molar-refractivity contribution is -0.133. The van der Waals surface area contributed by atoms with Crippen molar-refractivity contribution < 1.29 is 19.1 Å². The molecule has 0 radical (unpaired) electrons. The smallest absolute Gasteiger partial charge is 0.407 e. The van der Waals surface area contributed by atoms with Crippen LogP contribution in [0.15, 0.2) is 109 Å². The summed E-state index contributed by atoms with van der Waals surface area (Å²) in [6.45, 7) is 6.13. The van der Waals surface area contributed by atoms with E-state index in [9.17, 15) is 14.4 Å². The summed E-state index contributed by atoms with van der Waals surface area (Å²) in [5, 5.41) is 7.80. The van der Waals surface area contributed by atoms with Crippen molar-refractivity contribution in [1.82, 2.24) is 21.1 Å². The van der Waals surface area contributed by atoms with Gasteiger partial charge in [-0.05, 0) is 71.2 Å². The number of benzene rings is 4. The highest BCUT2D eigenvalue weighted by molar-refractivity contribution is 5.86. The molecule has 4 aromatic rings. The van der Waals surface area contributed by atoms with Crippen LogP contribution in [0, 0.1) is 23.2 Å². The third-order valence-corrected chi connectivity index (χ3v) is 8.86. The van der Waals surface area contributed by atoms with Gasteiger partial charge in [0.05, 0.1) is 19.1 Å². The van der Waals surface area contributed by atoms with Gasteiger partial charge in [-0.1, -0.05) is 118 Å². The number of aryl methyl sites for hydroxylation is 1. The molecule has 0 saturated heterocycles. The van der Waals surface area contributed by atoms with Crippen LogP contribution in [0.5, 0.6) is 0 Å². The quantitative estimate of drug-likeness (QED) is 0.128. The Kier molecular flexibility index (Phi) is 12.1. The second-order valence-corrected chi connectivity index (χ2v) is 13.8. The lowest BCUT2D eigenvalue weighted by atomic mass is 9.86. The molecular formula is C42H46N4O4. The highest BCUT2D eigenvalue weighted by atomic mass is 16.5. The van der Waals surface area contributed by atoms with Crippen molar-refractivity contribution in [2.75, 3.05) is 13.7 Å². The molecule has 50 heavy (non-hydrogen) atoms. The van der Waals surface area contributed by atoms with Gasteiger partial charge < -0.3 is 15.4 Å². The number of carbonyl (C=O) groups excluding carboxylic acids is 3. The zero-order valence-electron chi connectivity index (χ0n) is 29.2. The Labute approximate surface area is 295 Å². The summed E-state index contributed by atoms with van der Waals surface area (Å²) in [5.41, 5.74) is 8.51. The molecule has 5 rings (SSSR count). The summed E-state index contributed by atoms with van der Waals surface area (Å²) in [4.78, 5) is 40.4. The van der Waals surface area contributed by atoms with Gasteiger partial charge in [-0.2, -0.15) is 0 Å². The van der Waals surface area contributed by atoms with E-state index in [1.807, 2.05) is 118 Å². The summed E-state index contributed by atoms with van der Waals surface area (Å²) in [6, 6.07) is 34.8. The van der Waals surface area contributed by atoms with Crippen molar-refractivity contribution in [3.05, 3.63) is 143 Å². The molecule has 3 N–H and O–H groups in total. The first kappa shape index (κ1) is 35.9. The summed E-state index contributed by atoms with van der Waals surface area (Å²) in [7, 11) is 1.27. The van der Waals surface area contributed by atoms with Crippen LogP contribution in [-0.4, -0.2) is 42.6 Å². The average molecular weight is 671 g/mol. The third kappa shape index (κ3) is 10.1. The van der Waals surface area contributed by atoms with E-state index < -0.39 is 29.4 Å². The molecular weight excluding hydrogens is 624 g/mol. The molecule has 1 aliphatic carbocycles. The zero-order chi connectivity index (χ0) is 35.5. The van der Waals surface area contributed by atoms with E-state index in [1.165, 1.54) is 12.7 Å². The van der Waals surface area contributed by atoms with E-state index in [0.717, 1.165) is 40.7 Å². The minimum atomic E-state index is -0.906. The zero-order valence-corrected chi connectivity index (χ0v) is 29.2.